The zero-order chi connectivity index (χ0) is 15.7. The summed E-state index contributed by atoms with van der Waals surface area (Å²) in [5.41, 5.74) is 1.70. The Kier molecular flexibility index (Phi) is 4.18. The first-order valence-corrected chi connectivity index (χ1v) is 7.74. The minimum Gasteiger partial charge on any atom is -0.396 e. The molecule has 0 radical (unpaired) electrons. The minimum atomic E-state index is 0.0692. The van der Waals surface area contributed by atoms with Crippen molar-refractivity contribution >= 4 is 16.8 Å². The fraction of sp³-hybridized carbons (Fsp3) is 0.471. The van der Waals surface area contributed by atoms with Crippen LogP contribution in [0.25, 0.3) is 10.9 Å². The highest BCUT2D eigenvalue weighted by Gasteiger charge is 2.32. The Bertz CT molecular complexity index is 665. The first-order chi connectivity index (χ1) is 10.6. The van der Waals surface area contributed by atoms with Crippen LogP contribution in [0.4, 0.5) is 0 Å². The number of nitrogens with zero attached hydrogens (tertiary/aromatic N) is 2. The average Bonchev–Trinajstić information content (AvgIpc) is 3.01. The van der Waals surface area contributed by atoms with Crippen LogP contribution in [0, 0.1) is 5.92 Å². The van der Waals surface area contributed by atoms with Gasteiger partial charge in [-0.25, -0.2) is 0 Å². The quantitative estimate of drug-likeness (QED) is 0.904. The summed E-state index contributed by atoms with van der Waals surface area (Å²) < 4.78 is 0. The van der Waals surface area contributed by atoms with E-state index >= 15 is 0 Å². The SMILES string of the molecule is CN(C)[C@@H]1CN(C(=O)c2ccc3cc[nH]c3c2)CC[C@@H]1CO. The smallest absolute Gasteiger partial charge is 0.253 e. The fourth-order valence-corrected chi connectivity index (χ4v) is 3.33. The Morgan fingerprint density at radius 2 is 2.23 bits per heavy atom. The number of aliphatic hydroxyl groups is 1. The maximum Gasteiger partial charge on any atom is 0.253 e. The molecule has 1 amide bonds. The second-order valence-corrected chi connectivity index (χ2v) is 6.29. The van der Waals surface area contributed by atoms with Crippen molar-refractivity contribution < 1.29 is 9.90 Å². The summed E-state index contributed by atoms with van der Waals surface area (Å²) in [6.45, 7) is 1.55. The molecular formula is C17H23N3O2. The molecule has 3 rings (SSSR count). The first-order valence-electron chi connectivity index (χ1n) is 7.74. The van der Waals surface area contributed by atoms with Crippen LogP contribution in [-0.2, 0) is 0 Å². The van der Waals surface area contributed by atoms with Crippen LogP contribution in [0.15, 0.2) is 30.5 Å². The third kappa shape index (κ3) is 2.74. The highest BCUT2D eigenvalue weighted by Crippen LogP contribution is 2.23. The molecule has 1 saturated heterocycles. The molecule has 22 heavy (non-hydrogen) atoms. The summed E-state index contributed by atoms with van der Waals surface area (Å²) in [4.78, 5) is 19.9. The maximum absolute atomic E-state index is 12.8. The van der Waals surface area contributed by atoms with E-state index in [9.17, 15) is 9.90 Å². The van der Waals surface area contributed by atoms with E-state index in [1.807, 2.05) is 49.5 Å². The molecule has 1 aromatic carbocycles. The molecular weight excluding hydrogens is 278 g/mol. The zero-order valence-corrected chi connectivity index (χ0v) is 13.1. The van der Waals surface area contributed by atoms with Crippen molar-refractivity contribution in [1.29, 1.82) is 0 Å². The van der Waals surface area contributed by atoms with Crippen LogP contribution >= 0.6 is 0 Å². The van der Waals surface area contributed by atoms with Gasteiger partial charge in [0.25, 0.3) is 5.91 Å². The summed E-state index contributed by atoms with van der Waals surface area (Å²) in [7, 11) is 4.01. The van der Waals surface area contributed by atoms with Crippen molar-refractivity contribution in [3.8, 4) is 0 Å². The number of piperidine rings is 1. The number of nitrogens with one attached hydrogen (secondary N) is 1. The van der Waals surface area contributed by atoms with E-state index in [0.29, 0.717) is 13.1 Å². The first kappa shape index (κ1) is 15.1. The standard InChI is InChI=1S/C17H23N3O2/c1-19(2)16-10-20(8-6-14(16)11-21)17(22)13-4-3-12-5-7-18-15(12)9-13/h3-5,7,9,14,16,18,21H,6,8,10-11H2,1-2H3/t14-,16-/m1/s1. The van der Waals surface area contributed by atoms with Gasteiger partial charge in [-0.15, -0.1) is 0 Å². The van der Waals surface area contributed by atoms with E-state index in [-0.39, 0.29) is 24.5 Å². The lowest BCUT2D eigenvalue weighted by atomic mass is 9.91. The predicted octanol–water partition coefficient (Wildman–Crippen LogP) is 1.55. The third-order valence-electron chi connectivity index (χ3n) is 4.71. The molecule has 5 nitrogen and oxygen atoms in total. The summed E-state index contributed by atoms with van der Waals surface area (Å²) >= 11 is 0. The maximum atomic E-state index is 12.8. The number of carbonyl (C=O) groups is 1. The number of H-pyrrole nitrogens is 1. The van der Waals surface area contributed by atoms with Gasteiger partial charge in [0.1, 0.15) is 0 Å². The van der Waals surface area contributed by atoms with Crippen molar-refractivity contribution in [1.82, 2.24) is 14.8 Å². The average molecular weight is 301 g/mol. The Morgan fingerprint density at radius 3 is 2.95 bits per heavy atom. The number of carbonyl (C=O) groups excluding carboxylic acids is 1. The van der Waals surface area contributed by atoms with E-state index in [2.05, 4.69) is 9.88 Å². The van der Waals surface area contributed by atoms with Gasteiger partial charge in [-0.2, -0.15) is 0 Å². The van der Waals surface area contributed by atoms with Crippen LogP contribution in [0.2, 0.25) is 0 Å². The number of likely N-dealkylation sites (tertiary alicyclic amines) is 1. The molecule has 2 aromatic rings. The number of aromatic amines is 1. The summed E-state index contributed by atoms with van der Waals surface area (Å²) in [6, 6.07) is 7.99. The second kappa shape index (κ2) is 6.10. The minimum absolute atomic E-state index is 0.0692. The Balaban J connectivity index is 1.79. The number of fused-ring (bicyclic) bond motifs is 1. The molecule has 118 valence electrons. The molecule has 2 N–H and O–H groups in total. The Labute approximate surface area is 130 Å². The number of aliphatic hydroxyl groups excluding tert-OH is 1. The number of hydrogen-bond acceptors (Lipinski definition) is 3. The highest BCUT2D eigenvalue weighted by molar-refractivity contribution is 5.98. The second-order valence-electron chi connectivity index (χ2n) is 6.29. The van der Waals surface area contributed by atoms with Gasteiger partial charge in [-0.3, -0.25) is 4.79 Å². The summed E-state index contributed by atoms with van der Waals surface area (Å²) in [6.07, 6.45) is 2.73. The van der Waals surface area contributed by atoms with Gasteiger partial charge in [0, 0.05) is 48.9 Å². The lowest BCUT2D eigenvalue weighted by Gasteiger charge is -2.41. The van der Waals surface area contributed by atoms with Crippen LogP contribution in [0.3, 0.4) is 0 Å². The van der Waals surface area contributed by atoms with E-state index in [1.165, 1.54) is 0 Å². The normalized spacial score (nSPS) is 22.5. The molecule has 0 aliphatic carbocycles. The van der Waals surface area contributed by atoms with Crippen LogP contribution in [0.1, 0.15) is 16.8 Å². The van der Waals surface area contributed by atoms with Gasteiger partial charge >= 0.3 is 0 Å². The van der Waals surface area contributed by atoms with Crippen LogP contribution < -0.4 is 0 Å². The molecule has 1 aliphatic rings. The Morgan fingerprint density at radius 1 is 1.41 bits per heavy atom. The lowest BCUT2D eigenvalue weighted by Crippen LogP contribution is -2.53. The predicted molar refractivity (Wildman–Crippen MR) is 86.9 cm³/mol. The summed E-state index contributed by atoms with van der Waals surface area (Å²) in [5, 5.41) is 10.6. The number of hydrogen-bond donors (Lipinski definition) is 2. The molecule has 0 spiro atoms. The number of amides is 1. The zero-order valence-electron chi connectivity index (χ0n) is 13.1. The molecule has 0 unspecified atom stereocenters. The van der Waals surface area contributed by atoms with Gasteiger partial charge in [0.05, 0.1) is 0 Å². The lowest BCUT2D eigenvalue weighted by molar-refractivity contribution is 0.0379. The van der Waals surface area contributed by atoms with Crippen molar-refractivity contribution in [2.45, 2.75) is 12.5 Å². The highest BCUT2D eigenvalue weighted by atomic mass is 16.3. The van der Waals surface area contributed by atoms with Gasteiger partial charge in [0.15, 0.2) is 0 Å². The molecule has 1 fully saturated rings. The van der Waals surface area contributed by atoms with Crippen molar-refractivity contribution in [3.05, 3.63) is 36.0 Å². The van der Waals surface area contributed by atoms with E-state index < -0.39 is 0 Å². The fourth-order valence-electron chi connectivity index (χ4n) is 3.33. The third-order valence-corrected chi connectivity index (χ3v) is 4.71. The molecule has 5 heteroatoms. The monoisotopic (exact) mass is 301 g/mol. The molecule has 0 saturated carbocycles. The van der Waals surface area contributed by atoms with Crippen molar-refractivity contribution in [3.63, 3.8) is 0 Å². The van der Waals surface area contributed by atoms with Crippen molar-refractivity contribution in [2.75, 3.05) is 33.8 Å². The molecule has 2 atom stereocenters. The number of benzene rings is 1. The number of rotatable bonds is 3. The molecule has 0 bridgehead atoms. The molecule has 2 heterocycles. The van der Waals surface area contributed by atoms with E-state index in [0.717, 1.165) is 22.9 Å². The molecule has 1 aromatic heterocycles. The number of aromatic nitrogens is 1. The largest absolute Gasteiger partial charge is 0.396 e. The van der Waals surface area contributed by atoms with Gasteiger partial charge in [-0.1, -0.05) is 6.07 Å². The van der Waals surface area contributed by atoms with Crippen molar-refractivity contribution in [2.24, 2.45) is 5.92 Å². The van der Waals surface area contributed by atoms with Crippen LogP contribution in [0.5, 0.6) is 0 Å². The van der Waals surface area contributed by atoms with Gasteiger partial charge in [-0.05, 0) is 44.1 Å². The molecule has 1 aliphatic heterocycles. The Hall–Kier alpha value is -1.85. The summed E-state index contributed by atoms with van der Waals surface area (Å²) in [5.74, 6) is 0.310. The van der Waals surface area contributed by atoms with Crippen LogP contribution in [-0.4, -0.2) is 65.6 Å². The van der Waals surface area contributed by atoms with E-state index in [4.69, 9.17) is 0 Å². The van der Waals surface area contributed by atoms with Gasteiger partial charge < -0.3 is 19.9 Å². The number of likely N-dealkylation sites (N-methyl/N-ethyl adjacent to an activating group) is 1. The topological polar surface area (TPSA) is 59.6 Å². The van der Waals surface area contributed by atoms with E-state index in [1.54, 1.807) is 0 Å². The van der Waals surface area contributed by atoms with Gasteiger partial charge in [0.2, 0.25) is 0 Å².